The number of halogens is 2. The Hall–Kier alpha value is -2.33. The van der Waals surface area contributed by atoms with Crippen LogP contribution in [0.2, 0.25) is 10.0 Å². The van der Waals surface area contributed by atoms with E-state index in [0.717, 1.165) is 10.6 Å². The number of esters is 1. The van der Waals surface area contributed by atoms with Gasteiger partial charge in [0.2, 0.25) is 22.0 Å². The van der Waals surface area contributed by atoms with Crippen molar-refractivity contribution in [3.05, 3.63) is 58.1 Å². The standard InChI is InChI=1S/C20H20Cl2N2O6S/c1-29-20(26)18-11-24(16-5-3-4-6-17(16)30-18)19(25)12-23(31(2,27)28)10-13-7-8-14(21)15(22)9-13/h3-9,18H,10-12H2,1-2H3/t18-/m0/s1. The van der Waals surface area contributed by atoms with Gasteiger partial charge < -0.3 is 14.4 Å². The number of hydrogen-bond donors (Lipinski definition) is 0. The number of benzene rings is 2. The highest BCUT2D eigenvalue weighted by atomic mass is 35.5. The fourth-order valence-corrected chi connectivity index (χ4v) is 4.14. The fourth-order valence-electron chi connectivity index (χ4n) is 3.09. The molecule has 0 aliphatic carbocycles. The highest BCUT2D eigenvalue weighted by molar-refractivity contribution is 7.88. The molecule has 1 aliphatic heterocycles. The third kappa shape index (κ3) is 5.48. The highest BCUT2D eigenvalue weighted by Gasteiger charge is 2.35. The molecule has 0 unspecified atom stereocenters. The molecule has 1 atom stereocenters. The van der Waals surface area contributed by atoms with E-state index in [9.17, 15) is 18.0 Å². The Balaban J connectivity index is 1.87. The molecule has 0 saturated carbocycles. The summed E-state index contributed by atoms with van der Waals surface area (Å²) in [7, 11) is -2.52. The molecule has 2 aromatic carbocycles. The van der Waals surface area contributed by atoms with Gasteiger partial charge in [0.15, 0.2) is 0 Å². The van der Waals surface area contributed by atoms with E-state index in [1.165, 1.54) is 12.0 Å². The molecular weight excluding hydrogens is 467 g/mol. The molecule has 11 heteroatoms. The van der Waals surface area contributed by atoms with Gasteiger partial charge in [-0.05, 0) is 29.8 Å². The molecule has 0 radical (unpaired) electrons. The van der Waals surface area contributed by atoms with Gasteiger partial charge in [-0.25, -0.2) is 13.2 Å². The van der Waals surface area contributed by atoms with Crippen molar-refractivity contribution in [1.29, 1.82) is 0 Å². The zero-order chi connectivity index (χ0) is 22.8. The van der Waals surface area contributed by atoms with Crippen LogP contribution < -0.4 is 9.64 Å². The molecule has 0 aromatic heterocycles. The number of fused-ring (bicyclic) bond motifs is 1. The second kappa shape index (κ2) is 9.44. The topological polar surface area (TPSA) is 93.2 Å². The summed E-state index contributed by atoms with van der Waals surface area (Å²) in [4.78, 5) is 26.5. The van der Waals surface area contributed by atoms with E-state index < -0.39 is 34.5 Å². The first-order chi connectivity index (χ1) is 14.6. The molecular formula is C20H20Cl2N2O6S. The average Bonchev–Trinajstić information content (AvgIpc) is 2.73. The first-order valence-electron chi connectivity index (χ1n) is 9.13. The maximum Gasteiger partial charge on any atom is 0.348 e. The van der Waals surface area contributed by atoms with Crippen LogP contribution in [0.25, 0.3) is 0 Å². The predicted molar refractivity (Wildman–Crippen MR) is 117 cm³/mol. The zero-order valence-corrected chi connectivity index (χ0v) is 19.1. The molecule has 1 heterocycles. The van der Waals surface area contributed by atoms with Crippen LogP contribution in [-0.2, 0) is 30.9 Å². The van der Waals surface area contributed by atoms with E-state index in [-0.39, 0.29) is 18.1 Å². The Morgan fingerprint density at radius 3 is 2.55 bits per heavy atom. The van der Waals surface area contributed by atoms with Gasteiger partial charge in [-0.2, -0.15) is 4.31 Å². The molecule has 0 N–H and O–H groups in total. The molecule has 2 aromatic rings. The van der Waals surface area contributed by atoms with Crippen molar-refractivity contribution in [3.8, 4) is 5.75 Å². The second-order valence-corrected chi connectivity index (χ2v) is 9.68. The summed E-state index contributed by atoms with van der Waals surface area (Å²) in [5.74, 6) is -0.828. The van der Waals surface area contributed by atoms with Gasteiger partial charge in [-0.3, -0.25) is 4.79 Å². The van der Waals surface area contributed by atoms with Crippen molar-refractivity contribution in [3.63, 3.8) is 0 Å². The summed E-state index contributed by atoms with van der Waals surface area (Å²) in [5.41, 5.74) is 1.01. The van der Waals surface area contributed by atoms with Crippen LogP contribution in [0.3, 0.4) is 0 Å². The van der Waals surface area contributed by atoms with Crippen LogP contribution in [-0.4, -0.2) is 57.2 Å². The SMILES string of the molecule is COC(=O)[C@@H]1CN(C(=O)CN(Cc2ccc(Cl)c(Cl)c2)S(C)(=O)=O)c2ccccc2O1. The van der Waals surface area contributed by atoms with E-state index in [0.29, 0.717) is 22.0 Å². The summed E-state index contributed by atoms with van der Waals surface area (Å²) in [6.45, 7) is -0.623. The van der Waals surface area contributed by atoms with Gasteiger partial charge >= 0.3 is 5.97 Å². The van der Waals surface area contributed by atoms with Gasteiger partial charge in [0.1, 0.15) is 5.75 Å². The normalized spacial score (nSPS) is 15.9. The molecule has 31 heavy (non-hydrogen) atoms. The molecule has 1 aliphatic rings. The lowest BCUT2D eigenvalue weighted by atomic mass is 10.2. The number of methoxy groups -OCH3 is 1. The Morgan fingerprint density at radius 2 is 1.90 bits per heavy atom. The highest BCUT2D eigenvalue weighted by Crippen LogP contribution is 2.33. The zero-order valence-electron chi connectivity index (χ0n) is 16.7. The molecule has 8 nitrogen and oxygen atoms in total. The molecule has 0 spiro atoms. The number of nitrogens with zero attached hydrogens (tertiary/aromatic N) is 2. The monoisotopic (exact) mass is 486 g/mol. The van der Waals surface area contributed by atoms with Crippen LogP contribution in [0.5, 0.6) is 5.75 Å². The lowest BCUT2D eigenvalue weighted by Gasteiger charge is -2.34. The van der Waals surface area contributed by atoms with Crippen molar-refractivity contribution >= 4 is 50.8 Å². The Labute approximate surface area is 190 Å². The van der Waals surface area contributed by atoms with Crippen molar-refractivity contribution in [1.82, 2.24) is 4.31 Å². The number of rotatable bonds is 6. The summed E-state index contributed by atoms with van der Waals surface area (Å²) in [6.07, 6.45) is -0.00640. The molecule has 3 rings (SSSR count). The average molecular weight is 487 g/mol. The number of anilines is 1. The largest absolute Gasteiger partial charge is 0.475 e. The number of amides is 1. The number of para-hydroxylation sites is 2. The Bertz CT molecular complexity index is 1110. The predicted octanol–water partition coefficient (Wildman–Crippen LogP) is 2.72. The van der Waals surface area contributed by atoms with Crippen molar-refractivity contribution < 1.29 is 27.5 Å². The smallest absolute Gasteiger partial charge is 0.348 e. The van der Waals surface area contributed by atoms with E-state index in [4.69, 9.17) is 32.7 Å². The summed E-state index contributed by atoms with van der Waals surface area (Å²) in [5, 5.41) is 0.619. The first kappa shape index (κ1) is 23.3. The van der Waals surface area contributed by atoms with Gasteiger partial charge in [0, 0.05) is 6.54 Å². The second-order valence-electron chi connectivity index (χ2n) is 6.88. The number of ether oxygens (including phenoxy) is 2. The fraction of sp³-hybridized carbons (Fsp3) is 0.300. The molecule has 0 bridgehead atoms. The van der Waals surface area contributed by atoms with Crippen molar-refractivity contribution in [2.45, 2.75) is 12.6 Å². The number of carbonyl (C=O) groups excluding carboxylic acids is 2. The van der Waals surface area contributed by atoms with Crippen LogP contribution in [0.15, 0.2) is 42.5 Å². The Kier molecular flexibility index (Phi) is 7.10. The minimum atomic E-state index is -3.74. The van der Waals surface area contributed by atoms with Gasteiger partial charge in [-0.1, -0.05) is 41.4 Å². The lowest BCUT2D eigenvalue weighted by molar-refractivity contribution is -0.148. The van der Waals surface area contributed by atoms with E-state index in [2.05, 4.69) is 0 Å². The van der Waals surface area contributed by atoms with Crippen LogP contribution in [0.4, 0.5) is 5.69 Å². The molecule has 166 valence electrons. The number of carbonyl (C=O) groups is 2. The maximum atomic E-state index is 13.2. The van der Waals surface area contributed by atoms with Gasteiger partial charge in [0.25, 0.3) is 0 Å². The molecule has 0 saturated heterocycles. The Morgan fingerprint density at radius 1 is 1.19 bits per heavy atom. The lowest BCUT2D eigenvalue weighted by Crippen LogP contribution is -2.50. The number of hydrogen-bond acceptors (Lipinski definition) is 6. The minimum absolute atomic E-state index is 0.0755. The van der Waals surface area contributed by atoms with E-state index in [1.54, 1.807) is 42.5 Å². The van der Waals surface area contributed by atoms with Crippen molar-refractivity contribution in [2.75, 3.05) is 31.4 Å². The summed E-state index contributed by atoms with van der Waals surface area (Å²) < 4.78 is 36.1. The van der Waals surface area contributed by atoms with Gasteiger partial charge in [-0.15, -0.1) is 0 Å². The van der Waals surface area contributed by atoms with Crippen LogP contribution in [0, 0.1) is 0 Å². The van der Waals surface area contributed by atoms with E-state index in [1.807, 2.05) is 0 Å². The summed E-state index contributed by atoms with van der Waals surface area (Å²) >= 11 is 11.9. The van der Waals surface area contributed by atoms with E-state index >= 15 is 0 Å². The van der Waals surface area contributed by atoms with Crippen LogP contribution in [0.1, 0.15) is 5.56 Å². The van der Waals surface area contributed by atoms with Crippen LogP contribution >= 0.6 is 23.2 Å². The van der Waals surface area contributed by atoms with Gasteiger partial charge in [0.05, 0.1) is 42.2 Å². The minimum Gasteiger partial charge on any atom is -0.475 e. The third-order valence-corrected chi connectivity index (χ3v) is 6.60. The first-order valence-corrected chi connectivity index (χ1v) is 11.7. The summed E-state index contributed by atoms with van der Waals surface area (Å²) in [6, 6.07) is 11.4. The quantitative estimate of drug-likeness (QED) is 0.582. The molecule has 0 fully saturated rings. The third-order valence-electron chi connectivity index (χ3n) is 4.66. The van der Waals surface area contributed by atoms with Crippen molar-refractivity contribution in [2.24, 2.45) is 0 Å². The maximum absolute atomic E-state index is 13.2. The number of sulfonamides is 1. The molecule has 1 amide bonds.